The van der Waals surface area contributed by atoms with Crippen molar-refractivity contribution in [2.45, 2.75) is 57.4 Å². The van der Waals surface area contributed by atoms with Crippen LogP contribution in [0.4, 0.5) is 0 Å². The lowest BCUT2D eigenvalue weighted by Crippen LogP contribution is -2.34. The van der Waals surface area contributed by atoms with Crippen LogP contribution in [0.5, 0.6) is 0 Å². The van der Waals surface area contributed by atoms with Gasteiger partial charge in [0.1, 0.15) is 11.2 Å². The quantitative estimate of drug-likeness (QED) is 0.583. The van der Waals surface area contributed by atoms with Crippen molar-refractivity contribution in [3.63, 3.8) is 0 Å². The van der Waals surface area contributed by atoms with E-state index < -0.39 is 0 Å². The van der Waals surface area contributed by atoms with Crippen molar-refractivity contribution >= 4 is 21.9 Å². The number of aromatic nitrogens is 3. The van der Waals surface area contributed by atoms with Gasteiger partial charge in [-0.1, -0.05) is 55.2 Å². The topological polar surface area (TPSA) is 56.9 Å². The molecular formula is C25H27N3O2. The molecule has 0 amide bonds. The molecule has 1 unspecified atom stereocenters. The molecule has 2 aliphatic carbocycles. The molecule has 5 nitrogen and oxygen atoms in total. The van der Waals surface area contributed by atoms with Crippen molar-refractivity contribution < 1.29 is 0 Å². The van der Waals surface area contributed by atoms with E-state index in [4.69, 9.17) is 4.98 Å². The Balaban J connectivity index is 1.87. The Morgan fingerprint density at radius 1 is 1.07 bits per heavy atom. The van der Waals surface area contributed by atoms with E-state index in [0.717, 1.165) is 43.4 Å². The van der Waals surface area contributed by atoms with E-state index in [0.29, 0.717) is 11.0 Å². The molecule has 0 N–H and O–H groups in total. The normalized spacial score (nSPS) is 20.1. The van der Waals surface area contributed by atoms with Crippen LogP contribution in [0.2, 0.25) is 0 Å². The summed E-state index contributed by atoms with van der Waals surface area (Å²) in [6.45, 7) is 2.09. The first-order valence-electron chi connectivity index (χ1n) is 10.9. The van der Waals surface area contributed by atoms with Crippen LogP contribution in [0.25, 0.3) is 21.9 Å². The molecule has 5 heteroatoms. The van der Waals surface area contributed by atoms with Gasteiger partial charge < -0.3 is 4.57 Å². The summed E-state index contributed by atoms with van der Waals surface area (Å²) in [6.07, 6.45) is 12.6. The zero-order valence-electron chi connectivity index (χ0n) is 17.6. The third-order valence-corrected chi connectivity index (χ3v) is 6.73. The zero-order chi connectivity index (χ0) is 20.8. The van der Waals surface area contributed by atoms with Gasteiger partial charge in [0.25, 0.3) is 5.56 Å². The van der Waals surface area contributed by atoms with Crippen LogP contribution in [0.15, 0.2) is 57.7 Å². The fourth-order valence-corrected chi connectivity index (χ4v) is 5.15. The van der Waals surface area contributed by atoms with Crippen LogP contribution in [-0.2, 0) is 7.05 Å². The van der Waals surface area contributed by atoms with Crippen LogP contribution in [0, 0.1) is 0 Å². The lowest BCUT2D eigenvalue weighted by molar-refractivity contribution is 0.399. The monoisotopic (exact) mass is 401 g/mol. The maximum atomic E-state index is 13.9. The highest BCUT2D eigenvalue weighted by molar-refractivity contribution is 5.91. The number of fused-ring (bicyclic) bond motifs is 2. The molecule has 0 aliphatic heterocycles. The maximum Gasteiger partial charge on any atom is 0.267 e. The van der Waals surface area contributed by atoms with Gasteiger partial charge >= 0.3 is 0 Å². The van der Waals surface area contributed by atoms with Crippen LogP contribution >= 0.6 is 0 Å². The molecule has 3 aromatic rings. The molecule has 5 rings (SSSR count). The lowest BCUT2D eigenvalue weighted by atomic mass is 9.88. The predicted molar refractivity (Wildman–Crippen MR) is 121 cm³/mol. The Bertz CT molecular complexity index is 1320. The Labute approximate surface area is 175 Å². The van der Waals surface area contributed by atoms with Gasteiger partial charge in [0.2, 0.25) is 5.43 Å². The first kappa shape index (κ1) is 19.0. The number of rotatable bonds is 2. The number of aryl methyl sites for hydroxylation is 1. The maximum absolute atomic E-state index is 13.9. The van der Waals surface area contributed by atoms with Crippen molar-refractivity contribution in [3.8, 4) is 0 Å². The van der Waals surface area contributed by atoms with E-state index in [1.807, 2.05) is 40.5 Å². The van der Waals surface area contributed by atoms with E-state index in [2.05, 4.69) is 19.1 Å². The molecule has 2 heterocycles. The van der Waals surface area contributed by atoms with Gasteiger partial charge in [-0.05, 0) is 38.3 Å². The second-order valence-corrected chi connectivity index (χ2v) is 8.75. The van der Waals surface area contributed by atoms with Gasteiger partial charge in [-0.25, -0.2) is 4.98 Å². The lowest BCUT2D eigenvalue weighted by Gasteiger charge is -2.29. The average molecular weight is 402 g/mol. The molecule has 154 valence electrons. The summed E-state index contributed by atoms with van der Waals surface area (Å²) in [5.41, 5.74) is 2.14. The van der Waals surface area contributed by atoms with Crippen LogP contribution in [0.3, 0.4) is 0 Å². The summed E-state index contributed by atoms with van der Waals surface area (Å²) in [6, 6.07) is 7.38. The molecule has 30 heavy (non-hydrogen) atoms. The number of nitrogens with zero attached hydrogens (tertiary/aromatic N) is 3. The van der Waals surface area contributed by atoms with Gasteiger partial charge in [-0.15, -0.1) is 0 Å². The van der Waals surface area contributed by atoms with E-state index >= 15 is 0 Å². The molecule has 0 radical (unpaired) electrons. The van der Waals surface area contributed by atoms with Gasteiger partial charge in [-0.2, -0.15) is 0 Å². The Hall–Kier alpha value is -2.95. The van der Waals surface area contributed by atoms with Crippen molar-refractivity contribution in [1.29, 1.82) is 0 Å². The summed E-state index contributed by atoms with van der Waals surface area (Å²) in [5, 5.41) is 0.773. The number of benzene rings is 1. The van der Waals surface area contributed by atoms with Gasteiger partial charge in [0.05, 0.1) is 11.6 Å². The molecular weight excluding hydrogens is 374 g/mol. The zero-order valence-corrected chi connectivity index (χ0v) is 17.6. The number of pyridine rings is 1. The summed E-state index contributed by atoms with van der Waals surface area (Å²) in [5.74, 6) is 1.11. The minimum atomic E-state index is -0.216. The summed E-state index contributed by atoms with van der Waals surface area (Å²) >= 11 is 0. The second-order valence-electron chi connectivity index (χ2n) is 8.75. The molecule has 1 saturated carbocycles. The first-order valence-corrected chi connectivity index (χ1v) is 10.9. The molecule has 0 bridgehead atoms. The number of allylic oxidation sites excluding steroid dienone is 4. The second kappa shape index (κ2) is 7.38. The SMILES string of the molecule is CC1=CC=CC(n2c(C3CCCCC3)nc3c(c(=O)c4ccccc4n3C)c2=O)C1. The van der Waals surface area contributed by atoms with E-state index in [-0.39, 0.29) is 28.3 Å². The molecule has 2 aliphatic rings. The summed E-state index contributed by atoms with van der Waals surface area (Å²) in [7, 11) is 1.90. The molecule has 2 aromatic heterocycles. The standard InChI is InChI=1S/C25H27N3O2/c1-16-9-8-12-18(15-16)28-23(17-10-4-3-5-11-17)26-24-21(25(28)30)22(29)19-13-6-7-14-20(19)27(24)2/h6-9,12-14,17-18H,3-5,10-11,15H2,1-2H3. The van der Waals surface area contributed by atoms with Crippen LogP contribution in [-0.4, -0.2) is 14.1 Å². The third-order valence-electron chi connectivity index (χ3n) is 6.73. The van der Waals surface area contributed by atoms with Crippen LogP contribution < -0.4 is 11.0 Å². The highest BCUT2D eigenvalue weighted by atomic mass is 16.1. The fourth-order valence-electron chi connectivity index (χ4n) is 5.15. The molecule has 1 aromatic carbocycles. The Kier molecular flexibility index (Phi) is 4.69. The summed E-state index contributed by atoms with van der Waals surface area (Å²) < 4.78 is 3.74. The van der Waals surface area contributed by atoms with Crippen molar-refractivity contribution in [2.24, 2.45) is 7.05 Å². The molecule has 0 spiro atoms. The van der Waals surface area contributed by atoms with Gasteiger partial charge in [0.15, 0.2) is 5.65 Å². The van der Waals surface area contributed by atoms with E-state index in [1.54, 1.807) is 6.07 Å². The minimum Gasteiger partial charge on any atom is -0.328 e. The predicted octanol–water partition coefficient (Wildman–Crippen LogP) is 4.74. The smallest absolute Gasteiger partial charge is 0.267 e. The fraction of sp³-hybridized carbons (Fsp3) is 0.400. The van der Waals surface area contributed by atoms with Crippen molar-refractivity contribution in [2.75, 3.05) is 0 Å². The molecule has 1 fully saturated rings. The largest absolute Gasteiger partial charge is 0.328 e. The first-order chi connectivity index (χ1) is 14.6. The number of hydrogen-bond acceptors (Lipinski definition) is 3. The molecule has 1 atom stereocenters. The van der Waals surface area contributed by atoms with Gasteiger partial charge in [0, 0.05) is 18.4 Å². The number of hydrogen-bond donors (Lipinski definition) is 0. The van der Waals surface area contributed by atoms with Crippen LogP contribution in [0.1, 0.15) is 63.2 Å². The van der Waals surface area contributed by atoms with E-state index in [1.165, 1.54) is 12.0 Å². The number of para-hydroxylation sites is 1. The Morgan fingerprint density at radius 2 is 1.83 bits per heavy atom. The van der Waals surface area contributed by atoms with Crippen molar-refractivity contribution in [1.82, 2.24) is 14.1 Å². The van der Waals surface area contributed by atoms with Gasteiger partial charge in [-0.3, -0.25) is 14.2 Å². The Morgan fingerprint density at radius 3 is 2.60 bits per heavy atom. The highest BCUT2D eigenvalue weighted by Crippen LogP contribution is 2.34. The van der Waals surface area contributed by atoms with Crippen molar-refractivity contribution in [3.05, 3.63) is 74.5 Å². The average Bonchev–Trinajstić information content (AvgIpc) is 2.77. The minimum absolute atomic E-state index is 0.0903. The van der Waals surface area contributed by atoms with E-state index in [9.17, 15) is 9.59 Å². The highest BCUT2D eigenvalue weighted by Gasteiger charge is 2.27. The molecule has 0 saturated heterocycles. The third kappa shape index (κ3) is 2.95. The summed E-state index contributed by atoms with van der Waals surface area (Å²) in [4.78, 5) is 32.3.